The molecule has 18 heavy (non-hydrogen) atoms. The zero-order valence-electron chi connectivity index (χ0n) is 9.78. The summed E-state index contributed by atoms with van der Waals surface area (Å²) >= 11 is 0. The molecule has 96 valence electrons. The van der Waals surface area contributed by atoms with Gasteiger partial charge in [0.05, 0.1) is 12.5 Å². The van der Waals surface area contributed by atoms with Crippen LogP contribution in [0.1, 0.15) is 23.6 Å². The van der Waals surface area contributed by atoms with E-state index in [4.69, 9.17) is 9.84 Å². The van der Waals surface area contributed by atoms with Gasteiger partial charge in [-0.3, -0.25) is 4.79 Å². The zero-order valence-corrected chi connectivity index (χ0v) is 9.78. The van der Waals surface area contributed by atoms with Crippen molar-refractivity contribution in [3.63, 3.8) is 0 Å². The van der Waals surface area contributed by atoms with E-state index in [0.717, 1.165) is 12.0 Å². The summed E-state index contributed by atoms with van der Waals surface area (Å²) < 4.78 is 19.3. The van der Waals surface area contributed by atoms with E-state index in [1.807, 2.05) is 0 Å². The maximum Gasteiger partial charge on any atom is 0.307 e. The average molecular weight is 251 g/mol. The van der Waals surface area contributed by atoms with Gasteiger partial charge in [0.1, 0.15) is 11.6 Å². The van der Waals surface area contributed by atoms with Gasteiger partial charge in [-0.1, -0.05) is 0 Å². The van der Waals surface area contributed by atoms with Crippen molar-refractivity contribution in [3.05, 3.63) is 29.1 Å². The minimum atomic E-state index is -0.824. The smallest absolute Gasteiger partial charge is 0.307 e. The van der Waals surface area contributed by atoms with Crippen LogP contribution in [-0.4, -0.2) is 24.2 Å². The number of fused-ring (bicyclic) bond motifs is 1. The summed E-state index contributed by atoms with van der Waals surface area (Å²) in [6, 6.07) is 3.00. The molecule has 1 fully saturated rings. The molecule has 1 aromatic carbocycles. The highest BCUT2D eigenvalue weighted by atomic mass is 19.1. The summed E-state index contributed by atoms with van der Waals surface area (Å²) in [5.74, 6) is -0.961. The Labute approximate surface area is 104 Å². The molecule has 2 atom stereocenters. The minimum absolute atomic E-state index is 0.211. The summed E-state index contributed by atoms with van der Waals surface area (Å²) in [6.07, 6.45) is 1.23. The van der Waals surface area contributed by atoms with Crippen molar-refractivity contribution in [1.29, 1.82) is 0 Å². The van der Waals surface area contributed by atoms with Crippen molar-refractivity contribution >= 4 is 5.97 Å². The standard InChI is InChI=1S/C13H14FNO3/c14-10-5-12-7(1-2-18-12)3-9(10)11-4-8(6-15-11)13(16)17/h3,5,8,11,15H,1-2,4,6H2,(H,16,17). The van der Waals surface area contributed by atoms with E-state index in [1.54, 1.807) is 6.07 Å². The molecule has 2 aliphatic rings. The number of carboxylic acids is 1. The summed E-state index contributed by atoms with van der Waals surface area (Å²) in [5.41, 5.74) is 1.56. The molecule has 2 N–H and O–H groups in total. The van der Waals surface area contributed by atoms with E-state index in [9.17, 15) is 9.18 Å². The van der Waals surface area contributed by atoms with Crippen molar-refractivity contribution in [3.8, 4) is 5.75 Å². The minimum Gasteiger partial charge on any atom is -0.493 e. The molecule has 0 spiro atoms. The lowest BCUT2D eigenvalue weighted by Gasteiger charge is -2.13. The maximum absolute atomic E-state index is 14.0. The van der Waals surface area contributed by atoms with E-state index >= 15 is 0 Å². The number of halogens is 1. The molecule has 5 heteroatoms. The molecule has 0 saturated carbocycles. The lowest BCUT2D eigenvalue weighted by molar-refractivity contribution is -0.141. The number of carboxylic acid groups (broad SMARTS) is 1. The van der Waals surface area contributed by atoms with Gasteiger partial charge in [-0.15, -0.1) is 0 Å². The molecule has 0 aromatic heterocycles. The van der Waals surface area contributed by atoms with Gasteiger partial charge < -0.3 is 15.2 Å². The first-order chi connectivity index (χ1) is 8.65. The van der Waals surface area contributed by atoms with Gasteiger partial charge in [0.2, 0.25) is 0 Å². The van der Waals surface area contributed by atoms with Crippen LogP contribution in [-0.2, 0) is 11.2 Å². The molecule has 2 heterocycles. The van der Waals surface area contributed by atoms with Crippen molar-refractivity contribution in [2.75, 3.05) is 13.2 Å². The second kappa shape index (κ2) is 4.24. The van der Waals surface area contributed by atoms with Gasteiger partial charge >= 0.3 is 5.97 Å². The molecule has 2 unspecified atom stereocenters. The number of hydrogen-bond acceptors (Lipinski definition) is 3. The number of aliphatic carboxylic acids is 1. The number of carbonyl (C=O) groups is 1. The van der Waals surface area contributed by atoms with Crippen LogP contribution < -0.4 is 10.1 Å². The van der Waals surface area contributed by atoms with Crippen LogP contribution in [0, 0.1) is 11.7 Å². The topological polar surface area (TPSA) is 58.6 Å². The summed E-state index contributed by atoms with van der Waals surface area (Å²) in [5, 5.41) is 12.0. The lowest BCUT2D eigenvalue weighted by Crippen LogP contribution is -2.17. The first kappa shape index (κ1) is 11.5. The van der Waals surface area contributed by atoms with E-state index in [0.29, 0.717) is 30.9 Å². The van der Waals surface area contributed by atoms with Crippen molar-refractivity contribution in [1.82, 2.24) is 5.32 Å². The molecule has 0 radical (unpaired) electrons. The fraction of sp³-hybridized carbons (Fsp3) is 0.462. The van der Waals surface area contributed by atoms with E-state index in [1.165, 1.54) is 6.07 Å². The van der Waals surface area contributed by atoms with Crippen LogP contribution in [0.25, 0.3) is 0 Å². The first-order valence-electron chi connectivity index (χ1n) is 6.06. The molecular weight excluding hydrogens is 237 g/mol. The normalized spacial score (nSPS) is 25.8. The highest BCUT2D eigenvalue weighted by Gasteiger charge is 2.32. The molecule has 1 aromatic rings. The molecular formula is C13H14FNO3. The molecule has 4 nitrogen and oxygen atoms in total. The lowest BCUT2D eigenvalue weighted by atomic mass is 9.97. The molecule has 0 bridgehead atoms. The molecule has 0 aliphatic carbocycles. The van der Waals surface area contributed by atoms with E-state index in [-0.39, 0.29) is 11.9 Å². The van der Waals surface area contributed by atoms with Gasteiger partial charge in [0.25, 0.3) is 0 Å². The Morgan fingerprint density at radius 3 is 3.06 bits per heavy atom. The van der Waals surface area contributed by atoms with Gasteiger partial charge in [0.15, 0.2) is 0 Å². The summed E-state index contributed by atoms with van der Waals surface area (Å²) in [7, 11) is 0. The second-order valence-electron chi connectivity index (χ2n) is 4.81. The van der Waals surface area contributed by atoms with Gasteiger partial charge in [0, 0.05) is 30.6 Å². The van der Waals surface area contributed by atoms with Crippen LogP contribution >= 0.6 is 0 Å². The summed E-state index contributed by atoms with van der Waals surface area (Å²) in [4.78, 5) is 10.9. The number of rotatable bonds is 2. The largest absolute Gasteiger partial charge is 0.493 e. The molecule has 1 saturated heterocycles. The fourth-order valence-electron chi connectivity index (χ4n) is 2.65. The number of ether oxygens (including phenoxy) is 1. The predicted octanol–water partition coefficient (Wildman–Crippen LogP) is 1.50. The van der Waals surface area contributed by atoms with E-state index in [2.05, 4.69) is 5.32 Å². The fourth-order valence-corrected chi connectivity index (χ4v) is 2.65. The Kier molecular flexibility index (Phi) is 2.70. The van der Waals surface area contributed by atoms with Crippen LogP contribution in [0.3, 0.4) is 0 Å². The van der Waals surface area contributed by atoms with Crippen molar-refractivity contribution < 1.29 is 19.0 Å². The Morgan fingerprint density at radius 1 is 1.50 bits per heavy atom. The van der Waals surface area contributed by atoms with Crippen molar-refractivity contribution in [2.24, 2.45) is 5.92 Å². The Hall–Kier alpha value is -1.62. The van der Waals surface area contributed by atoms with Gasteiger partial charge in [-0.2, -0.15) is 0 Å². The van der Waals surface area contributed by atoms with Crippen molar-refractivity contribution in [2.45, 2.75) is 18.9 Å². The quantitative estimate of drug-likeness (QED) is 0.836. The van der Waals surface area contributed by atoms with Gasteiger partial charge in [-0.05, 0) is 18.1 Å². The summed E-state index contributed by atoms with van der Waals surface area (Å²) in [6.45, 7) is 0.987. The number of benzene rings is 1. The second-order valence-corrected chi connectivity index (χ2v) is 4.81. The van der Waals surface area contributed by atoms with Crippen LogP contribution in [0.5, 0.6) is 5.75 Å². The highest BCUT2D eigenvalue weighted by molar-refractivity contribution is 5.70. The third kappa shape index (κ3) is 1.84. The SMILES string of the molecule is O=C(O)C1CNC(c2cc3c(cc2F)OCC3)C1. The number of hydrogen-bond donors (Lipinski definition) is 2. The third-order valence-corrected chi connectivity index (χ3v) is 3.66. The Bertz CT molecular complexity index is 503. The molecule has 0 amide bonds. The predicted molar refractivity (Wildman–Crippen MR) is 62.1 cm³/mol. The van der Waals surface area contributed by atoms with Crippen LogP contribution in [0.4, 0.5) is 4.39 Å². The molecule has 2 aliphatic heterocycles. The average Bonchev–Trinajstić information content (AvgIpc) is 2.94. The van der Waals surface area contributed by atoms with Gasteiger partial charge in [-0.25, -0.2) is 4.39 Å². The highest BCUT2D eigenvalue weighted by Crippen LogP contribution is 2.34. The third-order valence-electron chi connectivity index (χ3n) is 3.66. The Morgan fingerprint density at radius 2 is 2.33 bits per heavy atom. The van der Waals surface area contributed by atoms with Crippen LogP contribution in [0.15, 0.2) is 12.1 Å². The first-order valence-corrected chi connectivity index (χ1v) is 6.06. The zero-order chi connectivity index (χ0) is 12.7. The van der Waals surface area contributed by atoms with Crippen LogP contribution in [0.2, 0.25) is 0 Å². The molecule has 3 rings (SSSR count). The monoisotopic (exact) mass is 251 g/mol. The van der Waals surface area contributed by atoms with E-state index < -0.39 is 11.9 Å². The Balaban J connectivity index is 1.87. The maximum atomic E-state index is 14.0. The number of nitrogens with one attached hydrogen (secondary N) is 1.